The summed E-state index contributed by atoms with van der Waals surface area (Å²) >= 11 is 0. The number of rotatable bonds is 7. The number of hydrogen-bond acceptors (Lipinski definition) is 4. The van der Waals surface area contributed by atoms with Gasteiger partial charge >= 0.3 is 6.03 Å². The van der Waals surface area contributed by atoms with Gasteiger partial charge in [-0.05, 0) is 31.9 Å². The van der Waals surface area contributed by atoms with Crippen LogP contribution in [-0.2, 0) is 11.3 Å². The standard InChI is InChI=1S/C17H26N6O2.HI/c1-4-17(2)14(24)23(16(25)22-17)11-7-10-20-15(18-3)21-12-13-8-5-6-9-19-13;/h5-6,8-9H,4,7,10-12H2,1-3H3,(H,22,25)(H2,18,20,21);1H. The zero-order valence-corrected chi connectivity index (χ0v) is 17.7. The topological polar surface area (TPSA) is 98.7 Å². The summed E-state index contributed by atoms with van der Waals surface area (Å²) in [7, 11) is 1.69. The maximum absolute atomic E-state index is 12.3. The molecular formula is C17H27IN6O2. The summed E-state index contributed by atoms with van der Waals surface area (Å²) in [4.78, 5) is 33.9. The second kappa shape index (κ2) is 10.3. The number of carbonyl (C=O) groups is 2. The Morgan fingerprint density at radius 2 is 2.12 bits per heavy atom. The molecule has 8 nitrogen and oxygen atoms in total. The third-order valence-corrected chi connectivity index (χ3v) is 4.29. The van der Waals surface area contributed by atoms with Gasteiger partial charge in [0.2, 0.25) is 0 Å². The average Bonchev–Trinajstić information content (AvgIpc) is 2.85. The molecule has 1 unspecified atom stereocenters. The molecule has 1 aliphatic heterocycles. The number of urea groups is 1. The molecule has 1 aromatic heterocycles. The normalized spacial score (nSPS) is 19.8. The smallest absolute Gasteiger partial charge is 0.325 e. The molecule has 26 heavy (non-hydrogen) atoms. The molecule has 1 fully saturated rings. The quantitative estimate of drug-likeness (QED) is 0.183. The summed E-state index contributed by atoms with van der Waals surface area (Å²) in [6.07, 6.45) is 2.97. The molecule has 0 aliphatic carbocycles. The Hall–Kier alpha value is -1.91. The van der Waals surface area contributed by atoms with Crippen molar-refractivity contribution in [1.29, 1.82) is 0 Å². The lowest BCUT2D eigenvalue weighted by atomic mass is 9.99. The molecule has 0 bridgehead atoms. The summed E-state index contributed by atoms with van der Waals surface area (Å²) < 4.78 is 0. The van der Waals surface area contributed by atoms with Gasteiger partial charge < -0.3 is 16.0 Å². The fraction of sp³-hybridized carbons (Fsp3) is 0.529. The van der Waals surface area contributed by atoms with Crippen LogP contribution < -0.4 is 16.0 Å². The number of guanidine groups is 1. The number of aromatic nitrogens is 1. The van der Waals surface area contributed by atoms with Gasteiger partial charge in [-0.1, -0.05) is 13.0 Å². The van der Waals surface area contributed by atoms with E-state index in [4.69, 9.17) is 0 Å². The van der Waals surface area contributed by atoms with E-state index in [1.54, 1.807) is 20.2 Å². The first-order valence-electron chi connectivity index (χ1n) is 8.48. The van der Waals surface area contributed by atoms with Crippen LogP contribution in [-0.4, -0.2) is 53.5 Å². The van der Waals surface area contributed by atoms with E-state index < -0.39 is 5.54 Å². The van der Waals surface area contributed by atoms with E-state index in [1.807, 2.05) is 25.1 Å². The number of hydrogen-bond donors (Lipinski definition) is 3. The highest BCUT2D eigenvalue weighted by Gasteiger charge is 2.45. The largest absolute Gasteiger partial charge is 0.356 e. The molecule has 3 N–H and O–H groups in total. The van der Waals surface area contributed by atoms with Crippen LogP contribution in [0, 0.1) is 0 Å². The maximum Gasteiger partial charge on any atom is 0.325 e. The van der Waals surface area contributed by atoms with Crippen LogP contribution in [0.5, 0.6) is 0 Å². The number of halogens is 1. The van der Waals surface area contributed by atoms with Crippen LogP contribution in [0.15, 0.2) is 29.4 Å². The highest BCUT2D eigenvalue weighted by atomic mass is 127. The first-order chi connectivity index (χ1) is 12.0. The van der Waals surface area contributed by atoms with Gasteiger partial charge in [0.25, 0.3) is 5.91 Å². The summed E-state index contributed by atoms with van der Waals surface area (Å²) in [6.45, 7) is 5.20. The van der Waals surface area contributed by atoms with Gasteiger partial charge in [-0.15, -0.1) is 24.0 Å². The van der Waals surface area contributed by atoms with E-state index in [9.17, 15) is 9.59 Å². The molecule has 1 saturated heterocycles. The predicted molar refractivity (Wildman–Crippen MR) is 111 cm³/mol. The van der Waals surface area contributed by atoms with Crippen molar-refractivity contribution in [3.8, 4) is 0 Å². The van der Waals surface area contributed by atoms with Gasteiger partial charge in [-0.2, -0.15) is 0 Å². The number of aliphatic imine (C=N–C) groups is 1. The Kier molecular flexibility index (Phi) is 8.76. The lowest BCUT2D eigenvalue weighted by Crippen LogP contribution is -2.43. The number of nitrogens with one attached hydrogen (secondary N) is 3. The maximum atomic E-state index is 12.3. The molecule has 1 atom stereocenters. The molecule has 1 aromatic rings. The Bertz CT molecular complexity index is 639. The first kappa shape index (κ1) is 22.1. The van der Waals surface area contributed by atoms with Crippen molar-refractivity contribution in [3.05, 3.63) is 30.1 Å². The Morgan fingerprint density at radius 1 is 1.35 bits per heavy atom. The summed E-state index contributed by atoms with van der Waals surface area (Å²) in [5.74, 6) is 0.499. The Labute approximate surface area is 171 Å². The molecule has 2 rings (SSSR count). The third kappa shape index (κ3) is 5.55. The van der Waals surface area contributed by atoms with Crippen LogP contribution >= 0.6 is 24.0 Å². The van der Waals surface area contributed by atoms with Crippen molar-refractivity contribution in [1.82, 2.24) is 25.8 Å². The molecule has 2 heterocycles. The van der Waals surface area contributed by atoms with E-state index in [0.29, 0.717) is 38.4 Å². The lowest BCUT2D eigenvalue weighted by molar-refractivity contribution is -0.130. The van der Waals surface area contributed by atoms with Crippen LogP contribution in [0.2, 0.25) is 0 Å². The minimum atomic E-state index is -0.773. The van der Waals surface area contributed by atoms with E-state index >= 15 is 0 Å². The van der Waals surface area contributed by atoms with Crippen molar-refractivity contribution in [3.63, 3.8) is 0 Å². The highest BCUT2D eigenvalue weighted by molar-refractivity contribution is 14.0. The van der Waals surface area contributed by atoms with E-state index in [-0.39, 0.29) is 35.9 Å². The minimum Gasteiger partial charge on any atom is -0.356 e. The zero-order chi connectivity index (χ0) is 18.3. The molecule has 3 amide bonds. The molecule has 144 valence electrons. The van der Waals surface area contributed by atoms with Gasteiger partial charge in [-0.3, -0.25) is 19.7 Å². The number of pyridine rings is 1. The van der Waals surface area contributed by atoms with Crippen LogP contribution in [0.25, 0.3) is 0 Å². The first-order valence-corrected chi connectivity index (χ1v) is 8.48. The molecule has 0 aromatic carbocycles. The number of carbonyl (C=O) groups excluding carboxylic acids is 2. The van der Waals surface area contributed by atoms with Gasteiger partial charge in [0.15, 0.2) is 5.96 Å². The van der Waals surface area contributed by atoms with Crippen molar-refractivity contribution in [2.75, 3.05) is 20.1 Å². The van der Waals surface area contributed by atoms with Gasteiger partial charge in [-0.25, -0.2) is 4.79 Å². The minimum absolute atomic E-state index is 0. The van der Waals surface area contributed by atoms with Crippen LogP contribution in [0.3, 0.4) is 0 Å². The predicted octanol–water partition coefficient (Wildman–Crippen LogP) is 1.48. The second-order valence-electron chi connectivity index (χ2n) is 6.10. The SMILES string of the molecule is CCC1(C)NC(=O)N(CCCNC(=NC)NCc2ccccn2)C1=O.I. The Morgan fingerprint density at radius 3 is 2.69 bits per heavy atom. The molecule has 9 heteroatoms. The van der Waals surface area contributed by atoms with E-state index in [0.717, 1.165) is 5.69 Å². The van der Waals surface area contributed by atoms with Crippen molar-refractivity contribution < 1.29 is 9.59 Å². The number of amides is 3. The number of nitrogens with zero attached hydrogens (tertiary/aromatic N) is 3. The van der Waals surface area contributed by atoms with Gasteiger partial charge in [0, 0.05) is 26.3 Å². The second-order valence-corrected chi connectivity index (χ2v) is 6.10. The third-order valence-electron chi connectivity index (χ3n) is 4.29. The van der Waals surface area contributed by atoms with Crippen LogP contribution in [0.1, 0.15) is 32.4 Å². The fourth-order valence-corrected chi connectivity index (χ4v) is 2.53. The molecule has 0 radical (unpaired) electrons. The van der Waals surface area contributed by atoms with Crippen molar-refractivity contribution in [2.24, 2.45) is 4.99 Å². The van der Waals surface area contributed by atoms with Gasteiger partial charge in [0.1, 0.15) is 5.54 Å². The van der Waals surface area contributed by atoms with Gasteiger partial charge in [0.05, 0.1) is 12.2 Å². The monoisotopic (exact) mass is 474 g/mol. The van der Waals surface area contributed by atoms with Crippen molar-refractivity contribution >= 4 is 41.9 Å². The zero-order valence-electron chi connectivity index (χ0n) is 15.4. The summed E-state index contributed by atoms with van der Waals surface area (Å²) in [5, 5.41) is 9.09. The fourth-order valence-electron chi connectivity index (χ4n) is 2.53. The summed E-state index contributed by atoms with van der Waals surface area (Å²) in [6, 6.07) is 5.42. The number of imide groups is 1. The molecule has 1 aliphatic rings. The summed E-state index contributed by atoms with van der Waals surface area (Å²) in [5.41, 5.74) is 0.147. The average molecular weight is 474 g/mol. The molecular weight excluding hydrogens is 447 g/mol. The van der Waals surface area contributed by atoms with Crippen molar-refractivity contribution in [2.45, 2.75) is 38.8 Å². The van der Waals surface area contributed by atoms with E-state index in [2.05, 4.69) is 25.9 Å². The Balaban J connectivity index is 0.00000338. The molecule has 0 spiro atoms. The van der Waals surface area contributed by atoms with Crippen LogP contribution in [0.4, 0.5) is 4.79 Å². The highest BCUT2D eigenvalue weighted by Crippen LogP contribution is 2.20. The lowest BCUT2D eigenvalue weighted by Gasteiger charge is -2.19. The van der Waals surface area contributed by atoms with E-state index in [1.165, 1.54) is 4.90 Å². The molecule has 0 saturated carbocycles.